The van der Waals surface area contributed by atoms with Crippen molar-refractivity contribution in [2.24, 2.45) is 5.92 Å². The normalized spacial score (nSPS) is 10.7. The Bertz CT molecular complexity index is 517. The fourth-order valence-electron chi connectivity index (χ4n) is 1.66. The molecule has 5 heteroatoms. The summed E-state index contributed by atoms with van der Waals surface area (Å²) in [6, 6.07) is 7.54. The molecule has 0 unspecified atom stereocenters. The van der Waals surface area contributed by atoms with Gasteiger partial charge in [-0.2, -0.15) is 5.10 Å². The fraction of sp³-hybridized carbons (Fsp3) is 0.357. The van der Waals surface area contributed by atoms with Gasteiger partial charge in [0, 0.05) is 12.1 Å². The molecule has 0 saturated heterocycles. The first-order chi connectivity index (χ1) is 9.15. The number of amides is 1. The summed E-state index contributed by atoms with van der Waals surface area (Å²) in [4.78, 5) is 15.7. The number of rotatable bonds is 5. The Hall–Kier alpha value is -2.17. The minimum Gasteiger partial charge on any atom is -0.352 e. The first-order valence-corrected chi connectivity index (χ1v) is 6.34. The van der Waals surface area contributed by atoms with Crippen LogP contribution in [0, 0.1) is 5.92 Å². The smallest absolute Gasteiger partial charge is 0.251 e. The minimum absolute atomic E-state index is 0.0268. The van der Waals surface area contributed by atoms with Gasteiger partial charge in [-0.15, -0.1) is 0 Å². The van der Waals surface area contributed by atoms with Crippen LogP contribution in [0.1, 0.15) is 29.8 Å². The summed E-state index contributed by atoms with van der Waals surface area (Å²) in [7, 11) is 0. The lowest BCUT2D eigenvalue weighted by Crippen LogP contribution is -2.27. The summed E-state index contributed by atoms with van der Waals surface area (Å²) in [5, 5.41) is 6.94. The predicted octanol–water partition coefficient (Wildman–Crippen LogP) is 1.71. The molecular formula is C14H18N4O. The highest BCUT2D eigenvalue weighted by Gasteiger charge is 2.05. The number of hydrogen-bond donors (Lipinski definition) is 1. The average Bonchev–Trinajstić information content (AvgIpc) is 2.89. The van der Waals surface area contributed by atoms with Crippen molar-refractivity contribution in [3.05, 3.63) is 48.0 Å². The van der Waals surface area contributed by atoms with Gasteiger partial charge in [0.2, 0.25) is 0 Å². The van der Waals surface area contributed by atoms with Crippen LogP contribution in [-0.4, -0.2) is 27.2 Å². The van der Waals surface area contributed by atoms with Crippen molar-refractivity contribution < 1.29 is 4.79 Å². The lowest BCUT2D eigenvalue weighted by molar-refractivity contribution is 0.0949. The molecule has 0 atom stereocenters. The van der Waals surface area contributed by atoms with Crippen LogP contribution in [0.3, 0.4) is 0 Å². The summed E-state index contributed by atoms with van der Waals surface area (Å²) in [5.41, 5.74) is 1.77. The first kappa shape index (κ1) is 13.3. The van der Waals surface area contributed by atoms with Gasteiger partial charge in [0.15, 0.2) is 0 Å². The van der Waals surface area contributed by atoms with E-state index in [9.17, 15) is 4.79 Å². The molecule has 1 N–H and O–H groups in total. The first-order valence-electron chi connectivity index (χ1n) is 6.34. The number of hydrogen-bond acceptors (Lipinski definition) is 3. The molecule has 1 aromatic carbocycles. The predicted molar refractivity (Wildman–Crippen MR) is 72.7 cm³/mol. The van der Waals surface area contributed by atoms with Crippen molar-refractivity contribution in [1.29, 1.82) is 0 Å². The van der Waals surface area contributed by atoms with E-state index in [1.807, 2.05) is 24.3 Å². The number of carbonyl (C=O) groups is 1. The molecule has 100 valence electrons. The number of carbonyl (C=O) groups excluding carboxylic acids is 1. The molecule has 0 fully saturated rings. The van der Waals surface area contributed by atoms with Crippen LogP contribution < -0.4 is 5.32 Å². The van der Waals surface area contributed by atoms with E-state index in [1.165, 1.54) is 6.33 Å². The molecule has 1 heterocycles. The van der Waals surface area contributed by atoms with Gasteiger partial charge in [-0.1, -0.05) is 26.0 Å². The van der Waals surface area contributed by atoms with Crippen LogP contribution in [0.15, 0.2) is 36.9 Å². The highest BCUT2D eigenvalue weighted by Crippen LogP contribution is 2.06. The van der Waals surface area contributed by atoms with Gasteiger partial charge in [-0.25, -0.2) is 9.67 Å². The topological polar surface area (TPSA) is 59.8 Å². The Kier molecular flexibility index (Phi) is 4.28. The lowest BCUT2D eigenvalue weighted by Gasteiger charge is -2.08. The molecule has 1 aromatic heterocycles. The Morgan fingerprint density at radius 3 is 2.63 bits per heavy atom. The molecule has 19 heavy (non-hydrogen) atoms. The number of nitrogens with one attached hydrogen (secondary N) is 1. The third-order valence-corrected chi connectivity index (χ3v) is 2.70. The van der Waals surface area contributed by atoms with Crippen LogP contribution in [-0.2, 0) is 6.54 Å². The van der Waals surface area contributed by atoms with Crippen molar-refractivity contribution >= 4 is 5.91 Å². The zero-order valence-electron chi connectivity index (χ0n) is 11.2. The fourth-order valence-corrected chi connectivity index (χ4v) is 1.66. The maximum absolute atomic E-state index is 11.8. The zero-order valence-corrected chi connectivity index (χ0v) is 11.2. The summed E-state index contributed by atoms with van der Waals surface area (Å²) in [6.45, 7) is 5.50. The van der Waals surface area contributed by atoms with Crippen molar-refractivity contribution in [3.8, 4) is 0 Å². The Balaban J connectivity index is 1.96. The van der Waals surface area contributed by atoms with Crippen molar-refractivity contribution in [3.63, 3.8) is 0 Å². The maximum Gasteiger partial charge on any atom is 0.251 e. The van der Waals surface area contributed by atoms with Gasteiger partial charge in [0.1, 0.15) is 12.7 Å². The third-order valence-electron chi connectivity index (χ3n) is 2.70. The molecule has 2 rings (SSSR count). The second-order valence-electron chi connectivity index (χ2n) is 4.89. The maximum atomic E-state index is 11.8. The van der Waals surface area contributed by atoms with Crippen LogP contribution in [0.25, 0.3) is 0 Å². The van der Waals surface area contributed by atoms with Crippen molar-refractivity contribution in [1.82, 2.24) is 20.1 Å². The van der Waals surface area contributed by atoms with Crippen molar-refractivity contribution in [2.75, 3.05) is 6.54 Å². The molecule has 5 nitrogen and oxygen atoms in total. The van der Waals surface area contributed by atoms with Crippen LogP contribution in [0.4, 0.5) is 0 Å². The second-order valence-corrected chi connectivity index (χ2v) is 4.89. The number of aromatic nitrogens is 3. The van der Waals surface area contributed by atoms with E-state index in [0.29, 0.717) is 24.6 Å². The average molecular weight is 258 g/mol. The summed E-state index contributed by atoms with van der Waals surface area (Å²) >= 11 is 0. The SMILES string of the molecule is CC(C)CNC(=O)c1ccc(Cn2cncn2)cc1. The number of nitrogens with zero attached hydrogens (tertiary/aromatic N) is 3. The van der Waals surface area contributed by atoms with Gasteiger partial charge in [0.25, 0.3) is 5.91 Å². The Labute approximate surface area is 112 Å². The highest BCUT2D eigenvalue weighted by molar-refractivity contribution is 5.94. The largest absolute Gasteiger partial charge is 0.352 e. The molecule has 0 aliphatic heterocycles. The minimum atomic E-state index is -0.0268. The number of benzene rings is 1. The van der Waals surface area contributed by atoms with Gasteiger partial charge in [-0.05, 0) is 23.6 Å². The molecule has 1 amide bonds. The molecule has 0 spiro atoms. The van der Waals surface area contributed by atoms with Gasteiger partial charge >= 0.3 is 0 Å². The van der Waals surface area contributed by atoms with Crippen LogP contribution >= 0.6 is 0 Å². The Morgan fingerprint density at radius 2 is 2.05 bits per heavy atom. The monoisotopic (exact) mass is 258 g/mol. The molecule has 2 aromatic rings. The third kappa shape index (κ3) is 3.91. The van der Waals surface area contributed by atoms with Crippen LogP contribution in [0.2, 0.25) is 0 Å². The van der Waals surface area contributed by atoms with E-state index >= 15 is 0 Å². The molecule has 0 saturated carbocycles. The van der Waals surface area contributed by atoms with Crippen LogP contribution in [0.5, 0.6) is 0 Å². The molecule has 0 radical (unpaired) electrons. The van der Waals surface area contributed by atoms with E-state index in [4.69, 9.17) is 0 Å². The highest BCUT2D eigenvalue weighted by atomic mass is 16.1. The Morgan fingerprint density at radius 1 is 1.32 bits per heavy atom. The van der Waals surface area contributed by atoms with E-state index in [2.05, 4.69) is 29.2 Å². The molecule has 0 bridgehead atoms. The van der Waals surface area contributed by atoms with E-state index in [0.717, 1.165) is 5.56 Å². The van der Waals surface area contributed by atoms with E-state index in [-0.39, 0.29) is 5.91 Å². The zero-order chi connectivity index (χ0) is 13.7. The summed E-state index contributed by atoms with van der Waals surface area (Å²) in [6.07, 6.45) is 3.18. The van der Waals surface area contributed by atoms with Gasteiger partial charge in [0.05, 0.1) is 6.54 Å². The van der Waals surface area contributed by atoms with E-state index < -0.39 is 0 Å². The molecular weight excluding hydrogens is 240 g/mol. The van der Waals surface area contributed by atoms with Crippen molar-refractivity contribution in [2.45, 2.75) is 20.4 Å². The van der Waals surface area contributed by atoms with Gasteiger partial charge < -0.3 is 5.32 Å². The molecule has 0 aliphatic rings. The second kappa shape index (κ2) is 6.13. The van der Waals surface area contributed by atoms with Gasteiger partial charge in [-0.3, -0.25) is 4.79 Å². The van der Waals surface area contributed by atoms with E-state index in [1.54, 1.807) is 11.0 Å². The standard InChI is InChI=1S/C14H18N4O/c1-11(2)7-16-14(19)13-5-3-12(4-6-13)8-18-10-15-9-17-18/h3-6,9-11H,7-8H2,1-2H3,(H,16,19). The quantitative estimate of drug-likeness (QED) is 0.888. The lowest BCUT2D eigenvalue weighted by atomic mass is 10.1. The molecule has 0 aliphatic carbocycles. The summed E-state index contributed by atoms with van der Waals surface area (Å²) < 4.78 is 1.74. The summed E-state index contributed by atoms with van der Waals surface area (Å²) in [5.74, 6) is 0.427.